The summed E-state index contributed by atoms with van der Waals surface area (Å²) in [5.74, 6) is 0. The van der Waals surface area contributed by atoms with Crippen LogP contribution in [0.25, 0.3) is 0 Å². The van der Waals surface area contributed by atoms with Crippen LogP contribution >= 0.6 is 22.6 Å². The molecular formula is C7H3IN. The molecule has 0 saturated heterocycles. The lowest BCUT2D eigenvalue weighted by Gasteiger charge is -1.86. The molecule has 0 N–H and O–H groups in total. The van der Waals surface area contributed by atoms with E-state index in [9.17, 15) is 0 Å². The van der Waals surface area contributed by atoms with E-state index < -0.39 is 0 Å². The number of nitrogens with zero attached hydrogens (tertiary/aromatic N) is 1. The molecule has 0 amide bonds. The molecule has 1 aromatic carbocycles. The molecule has 0 saturated carbocycles. The molecule has 9 heavy (non-hydrogen) atoms. The van der Waals surface area contributed by atoms with Gasteiger partial charge in [0.2, 0.25) is 0 Å². The average Bonchev–Trinajstić information content (AvgIpc) is 1.88. The van der Waals surface area contributed by atoms with Crippen molar-refractivity contribution in [2.45, 2.75) is 0 Å². The van der Waals surface area contributed by atoms with Crippen molar-refractivity contribution in [1.82, 2.24) is 0 Å². The summed E-state index contributed by atoms with van der Waals surface area (Å²) in [4.78, 5) is 0. The SMILES string of the molecule is N#Cc1c[c]cc(I)c1. The maximum absolute atomic E-state index is 8.39. The zero-order valence-corrected chi connectivity index (χ0v) is 6.71. The lowest BCUT2D eigenvalue weighted by molar-refractivity contribution is 1.47. The minimum Gasteiger partial charge on any atom is -0.192 e. The zero-order valence-electron chi connectivity index (χ0n) is 4.56. The molecule has 0 atom stereocenters. The van der Waals surface area contributed by atoms with Crippen molar-refractivity contribution in [3.05, 3.63) is 33.4 Å². The van der Waals surface area contributed by atoms with Gasteiger partial charge in [-0.15, -0.1) is 0 Å². The van der Waals surface area contributed by atoms with Crippen molar-refractivity contribution in [1.29, 1.82) is 5.26 Å². The van der Waals surface area contributed by atoms with Gasteiger partial charge in [-0.2, -0.15) is 5.26 Å². The molecular weight excluding hydrogens is 225 g/mol. The smallest absolute Gasteiger partial charge is 0.0992 e. The molecule has 0 spiro atoms. The van der Waals surface area contributed by atoms with E-state index >= 15 is 0 Å². The van der Waals surface area contributed by atoms with Crippen molar-refractivity contribution in [2.24, 2.45) is 0 Å². The number of benzene rings is 1. The van der Waals surface area contributed by atoms with Crippen LogP contribution in [0.5, 0.6) is 0 Å². The van der Waals surface area contributed by atoms with Gasteiger partial charge in [0.15, 0.2) is 0 Å². The topological polar surface area (TPSA) is 23.8 Å². The Morgan fingerprint density at radius 1 is 1.56 bits per heavy atom. The first-order chi connectivity index (χ1) is 4.33. The number of rotatable bonds is 0. The molecule has 1 radical (unpaired) electrons. The van der Waals surface area contributed by atoms with Gasteiger partial charge in [-0.25, -0.2) is 0 Å². The van der Waals surface area contributed by atoms with Crippen LogP contribution < -0.4 is 0 Å². The third-order valence-corrected chi connectivity index (χ3v) is 1.51. The Labute approximate surface area is 67.5 Å². The molecule has 0 aliphatic carbocycles. The number of halogens is 1. The largest absolute Gasteiger partial charge is 0.192 e. The molecule has 0 fully saturated rings. The van der Waals surface area contributed by atoms with Crippen LogP contribution in [0.2, 0.25) is 0 Å². The monoisotopic (exact) mass is 228 g/mol. The molecule has 0 aliphatic heterocycles. The van der Waals surface area contributed by atoms with Crippen molar-refractivity contribution in [3.8, 4) is 6.07 Å². The second-order valence-corrected chi connectivity index (χ2v) is 2.80. The van der Waals surface area contributed by atoms with E-state index in [4.69, 9.17) is 5.26 Å². The standard InChI is InChI=1S/C7H3IN/c8-7-3-1-2-6(4-7)5-9/h2-4H. The lowest BCUT2D eigenvalue weighted by atomic mass is 10.2. The van der Waals surface area contributed by atoms with E-state index in [2.05, 4.69) is 28.7 Å². The summed E-state index contributed by atoms with van der Waals surface area (Å²) < 4.78 is 1.05. The van der Waals surface area contributed by atoms with Gasteiger partial charge in [-0.1, -0.05) is 0 Å². The molecule has 0 heterocycles. The molecule has 1 rings (SSSR count). The lowest BCUT2D eigenvalue weighted by Crippen LogP contribution is -1.73. The van der Waals surface area contributed by atoms with E-state index in [1.54, 1.807) is 6.07 Å². The second-order valence-electron chi connectivity index (χ2n) is 1.55. The Hall–Kier alpha value is -0.560. The van der Waals surface area contributed by atoms with Gasteiger partial charge in [0.05, 0.1) is 11.6 Å². The Kier molecular flexibility index (Phi) is 2.06. The van der Waals surface area contributed by atoms with Crippen LogP contribution in [0.4, 0.5) is 0 Å². The predicted molar refractivity (Wildman–Crippen MR) is 42.7 cm³/mol. The first-order valence-electron chi connectivity index (χ1n) is 2.39. The first kappa shape index (κ1) is 6.56. The van der Waals surface area contributed by atoms with E-state index in [-0.39, 0.29) is 0 Å². The van der Waals surface area contributed by atoms with E-state index in [1.165, 1.54) is 0 Å². The van der Waals surface area contributed by atoms with Crippen LogP contribution in [0.15, 0.2) is 18.2 Å². The number of hydrogen-bond donors (Lipinski definition) is 0. The highest BCUT2D eigenvalue weighted by molar-refractivity contribution is 14.1. The fourth-order valence-electron chi connectivity index (χ4n) is 0.507. The highest BCUT2D eigenvalue weighted by Crippen LogP contribution is 2.05. The highest BCUT2D eigenvalue weighted by Gasteiger charge is 1.87. The van der Waals surface area contributed by atoms with Crippen molar-refractivity contribution in [3.63, 3.8) is 0 Å². The molecule has 1 nitrogen and oxygen atoms in total. The second kappa shape index (κ2) is 2.83. The van der Waals surface area contributed by atoms with E-state index in [0.29, 0.717) is 5.56 Å². The Morgan fingerprint density at radius 2 is 2.33 bits per heavy atom. The highest BCUT2D eigenvalue weighted by atomic mass is 127. The van der Waals surface area contributed by atoms with E-state index in [1.807, 2.05) is 18.2 Å². The minimum absolute atomic E-state index is 0.668. The van der Waals surface area contributed by atoms with Gasteiger partial charge in [-0.05, 0) is 46.9 Å². The molecule has 0 aromatic heterocycles. The summed E-state index contributed by atoms with van der Waals surface area (Å²) in [6.45, 7) is 0. The molecule has 43 valence electrons. The molecule has 0 bridgehead atoms. The maximum Gasteiger partial charge on any atom is 0.0992 e. The summed E-state index contributed by atoms with van der Waals surface area (Å²) in [7, 11) is 0. The van der Waals surface area contributed by atoms with Crippen LogP contribution in [-0.4, -0.2) is 0 Å². The van der Waals surface area contributed by atoms with Gasteiger partial charge in [0.1, 0.15) is 0 Å². The number of hydrogen-bond acceptors (Lipinski definition) is 1. The van der Waals surface area contributed by atoms with Gasteiger partial charge in [0.25, 0.3) is 0 Å². The van der Waals surface area contributed by atoms with Gasteiger partial charge in [0, 0.05) is 3.57 Å². The summed E-state index contributed by atoms with van der Waals surface area (Å²) in [5.41, 5.74) is 0.668. The van der Waals surface area contributed by atoms with Crippen LogP contribution in [0, 0.1) is 21.0 Å². The summed E-state index contributed by atoms with van der Waals surface area (Å²) in [6, 6.07) is 10.2. The summed E-state index contributed by atoms with van der Waals surface area (Å²) in [6.07, 6.45) is 0. The molecule has 0 unspecified atom stereocenters. The Balaban J connectivity index is 3.12. The fourth-order valence-corrected chi connectivity index (χ4v) is 1.02. The normalized spacial score (nSPS) is 8.44. The third-order valence-electron chi connectivity index (χ3n) is 0.883. The molecule has 1 aromatic rings. The Bertz CT molecular complexity index is 249. The summed E-state index contributed by atoms with van der Waals surface area (Å²) in [5, 5.41) is 8.39. The molecule has 2 heteroatoms. The molecule has 0 aliphatic rings. The van der Waals surface area contributed by atoms with Gasteiger partial charge >= 0.3 is 0 Å². The van der Waals surface area contributed by atoms with Crippen molar-refractivity contribution >= 4 is 22.6 Å². The first-order valence-corrected chi connectivity index (χ1v) is 3.47. The van der Waals surface area contributed by atoms with Gasteiger partial charge in [-0.3, -0.25) is 0 Å². The third kappa shape index (κ3) is 1.68. The van der Waals surface area contributed by atoms with Crippen molar-refractivity contribution < 1.29 is 0 Å². The van der Waals surface area contributed by atoms with E-state index in [0.717, 1.165) is 3.57 Å². The predicted octanol–water partition coefficient (Wildman–Crippen LogP) is 1.96. The van der Waals surface area contributed by atoms with Crippen LogP contribution in [0.3, 0.4) is 0 Å². The van der Waals surface area contributed by atoms with Gasteiger partial charge < -0.3 is 0 Å². The number of nitriles is 1. The Morgan fingerprint density at radius 3 is 2.78 bits per heavy atom. The maximum atomic E-state index is 8.39. The average molecular weight is 228 g/mol. The fraction of sp³-hybridized carbons (Fsp3) is 0. The quantitative estimate of drug-likeness (QED) is 0.622. The van der Waals surface area contributed by atoms with Crippen LogP contribution in [-0.2, 0) is 0 Å². The summed E-state index contributed by atoms with van der Waals surface area (Å²) >= 11 is 2.15. The minimum atomic E-state index is 0.668. The van der Waals surface area contributed by atoms with Crippen molar-refractivity contribution in [2.75, 3.05) is 0 Å². The zero-order chi connectivity index (χ0) is 6.69. The van der Waals surface area contributed by atoms with Crippen LogP contribution in [0.1, 0.15) is 5.56 Å².